The molecule has 0 atom stereocenters. The first kappa shape index (κ1) is 10.5. The number of halogens is 1. The van der Waals surface area contributed by atoms with E-state index in [0.29, 0.717) is 23.0 Å². The molecule has 72 valence electrons. The van der Waals surface area contributed by atoms with Crippen LogP contribution in [-0.4, -0.2) is 17.9 Å². The Hall–Kier alpha value is -0.610. The SMILES string of the molecule is CCCCOc1nc(Cl)c(C=O)s1. The van der Waals surface area contributed by atoms with Gasteiger partial charge in [-0.25, -0.2) is 0 Å². The van der Waals surface area contributed by atoms with E-state index in [4.69, 9.17) is 16.3 Å². The number of unbranched alkanes of at least 4 members (excludes halogenated alkanes) is 1. The number of ether oxygens (including phenoxy) is 1. The molecule has 0 aliphatic rings. The highest BCUT2D eigenvalue weighted by atomic mass is 35.5. The van der Waals surface area contributed by atoms with Gasteiger partial charge in [-0.15, -0.1) is 0 Å². The van der Waals surface area contributed by atoms with Crippen LogP contribution in [0.4, 0.5) is 0 Å². The Morgan fingerprint density at radius 3 is 3.00 bits per heavy atom. The van der Waals surface area contributed by atoms with Gasteiger partial charge in [-0.05, 0) is 6.42 Å². The number of hydrogen-bond donors (Lipinski definition) is 0. The molecule has 5 heteroatoms. The van der Waals surface area contributed by atoms with Crippen LogP contribution in [0.25, 0.3) is 0 Å². The van der Waals surface area contributed by atoms with Gasteiger partial charge in [-0.1, -0.05) is 36.3 Å². The molecule has 0 radical (unpaired) electrons. The molecule has 1 heterocycles. The van der Waals surface area contributed by atoms with E-state index in [-0.39, 0.29) is 5.15 Å². The smallest absolute Gasteiger partial charge is 0.275 e. The van der Waals surface area contributed by atoms with Crippen molar-refractivity contribution >= 4 is 29.2 Å². The van der Waals surface area contributed by atoms with Gasteiger partial charge >= 0.3 is 0 Å². The van der Waals surface area contributed by atoms with Gasteiger partial charge in [0, 0.05) is 0 Å². The molecule has 1 aromatic rings. The summed E-state index contributed by atoms with van der Waals surface area (Å²) in [4.78, 5) is 14.7. The Bertz CT molecular complexity index is 288. The quantitative estimate of drug-likeness (QED) is 0.565. The van der Waals surface area contributed by atoms with Crippen molar-refractivity contribution in [3.63, 3.8) is 0 Å². The second-order valence-electron chi connectivity index (χ2n) is 2.45. The Kier molecular flexibility index (Phi) is 4.18. The number of nitrogens with zero attached hydrogens (tertiary/aromatic N) is 1. The lowest BCUT2D eigenvalue weighted by Gasteiger charge is -1.98. The number of thiazole rings is 1. The normalized spacial score (nSPS) is 10.0. The van der Waals surface area contributed by atoms with E-state index in [2.05, 4.69) is 11.9 Å². The van der Waals surface area contributed by atoms with Crippen molar-refractivity contribution in [3.05, 3.63) is 10.0 Å². The van der Waals surface area contributed by atoms with E-state index in [0.717, 1.165) is 12.8 Å². The van der Waals surface area contributed by atoms with Crippen LogP contribution in [0.2, 0.25) is 5.15 Å². The van der Waals surface area contributed by atoms with Gasteiger partial charge in [0.15, 0.2) is 11.4 Å². The largest absolute Gasteiger partial charge is 0.470 e. The zero-order valence-corrected chi connectivity index (χ0v) is 8.82. The average Bonchev–Trinajstić information content (AvgIpc) is 2.47. The summed E-state index contributed by atoms with van der Waals surface area (Å²) in [5.74, 6) is 0. The predicted octanol–water partition coefficient (Wildman–Crippen LogP) is 2.79. The fourth-order valence-electron chi connectivity index (χ4n) is 0.732. The van der Waals surface area contributed by atoms with E-state index in [1.54, 1.807) is 0 Å². The van der Waals surface area contributed by atoms with Crippen molar-refractivity contribution in [2.75, 3.05) is 6.61 Å². The lowest BCUT2D eigenvalue weighted by atomic mass is 10.4. The molecule has 0 amide bonds. The molecule has 0 bridgehead atoms. The predicted molar refractivity (Wildman–Crippen MR) is 52.9 cm³/mol. The zero-order chi connectivity index (χ0) is 9.68. The van der Waals surface area contributed by atoms with Crippen LogP contribution < -0.4 is 4.74 Å². The molecule has 0 spiro atoms. The van der Waals surface area contributed by atoms with Crippen LogP contribution >= 0.6 is 22.9 Å². The molecule has 13 heavy (non-hydrogen) atoms. The number of rotatable bonds is 5. The standard InChI is InChI=1S/C8H10ClNO2S/c1-2-3-4-12-8-10-7(9)6(5-11)13-8/h5H,2-4H2,1H3. The highest BCUT2D eigenvalue weighted by Crippen LogP contribution is 2.26. The van der Waals surface area contributed by atoms with Gasteiger partial charge in [0.25, 0.3) is 5.19 Å². The average molecular weight is 220 g/mol. The van der Waals surface area contributed by atoms with Crippen LogP contribution in [0.5, 0.6) is 5.19 Å². The molecular weight excluding hydrogens is 210 g/mol. The van der Waals surface area contributed by atoms with Gasteiger partial charge in [0.1, 0.15) is 4.88 Å². The minimum Gasteiger partial charge on any atom is -0.470 e. The highest BCUT2D eigenvalue weighted by molar-refractivity contribution is 7.15. The summed E-state index contributed by atoms with van der Waals surface area (Å²) in [7, 11) is 0. The molecule has 0 aliphatic carbocycles. The van der Waals surface area contributed by atoms with Gasteiger partial charge in [0.05, 0.1) is 6.61 Å². The summed E-state index contributed by atoms with van der Waals surface area (Å²) in [5, 5.41) is 0.701. The lowest BCUT2D eigenvalue weighted by molar-refractivity contribution is 0.112. The fourth-order valence-corrected chi connectivity index (χ4v) is 1.66. The third-order valence-corrected chi connectivity index (χ3v) is 2.71. The Balaban J connectivity index is 2.52. The van der Waals surface area contributed by atoms with E-state index in [1.807, 2.05) is 0 Å². The number of carbonyl (C=O) groups excluding carboxylic acids is 1. The van der Waals surface area contributed by atoms with Crippen molar-refractivity contribution in [3.8, 4) is 5.19 Å². The second-order valence-corrected chi connectivity index (χ2v) is 3.81. The van der Waals surface area contributed by atoms with Gasteiger partial charge in [0.2, 0.25) is 0 Å². The van der Waals surface area contributed by atoms with Crippen molar-refractivity contribution < 1.29 is 9.53 Å². The van der Waals surface area contributed by atoms with Gasteiger partial charge in [-0.2, -0.15) is 4.98 Å². The molecular formula is C8H10ClNO2S. The topological polar surface area (TPSA) is 39.2 Å². The fraction of sp³-hybridized carbons (Fsp3) is 0.500. The monoisotopic (exact) mass is 219 g/mol. The van der Waals surface area contributed by atoms with Crippen molar-refractivity contribution in [2.24, 2.45) is 0 Å². The van der Waals surface area contributed by atoms with E-state index < -0.39 is 0 Å². The molecule has 0 unspecified atom stereocenters. The summed E-state index contributed by atoms with van der Waals surface area (Å²) in [6.45, 7) is 2.70. The molecule has 0 saturated carbocycles. The maximum Gasteiger partial charge on any atom is 0.275 e. The van der Waals surface area contributed by atoms with Gasteiger partial charge < -0.3 is 4.74 Å². The first-order valence-corrected chi connectivity index (χ1v) is 5.21. The third kappa shape index (κ3) is 2.97. The molecule has 0 saturated heterocycles. The summed E-state index contributed by atoms with van der Waals surface area (Å²) >= 11 is 6.82. The summed E-state index contributed by atoms with van der Waals surface area (Å²) in [6.07, 6.45) is 2.74. The maximum absolute atomic E-state index is 10.4. The Morgan fingerprint density at radius 2 is 2.46 bits per heavy atom. The summed E-state index contributed by atoms with van der Waals surface area (Å²) in [5.41, 5.74) is 0. The van der Waals surface area contributed by atoms with Crippen LogP contribution in [0.3, 0.4) is 0 Å². The molecule has 0 fully saturated rings. The molecule has 0 aliphatic heterocycles. The highest BCUT2D eigenvalue weighted by Gasteiger charge is 2.08. The number of aromatic nitrogens is 1. The van der Waals surface area contributed by atoms with Crippen LogP contribution in [0, 0.1) is 0 Å². The third-order valence-electron chi connectivity index (χ3n) is 1.42. The summed E-state index contributed by atoms with van der Waals surface area (Å²) in [6, 6.07) is 0. The molecule has 0 aromatic carbocycles. The maximum atomic E-state index is 10.4. The Labute approximate surface area is 85.7 Å². The van der Waals surface area contributed by atoms with Gasteiger partial charge in [-0.3, -0.25) is 4.79 Å². The van der Waals surface area contributed by atoms with E-state index in [1.165, 1.54) is 11.3 Å². The van der Waals surface area contributed by atoms with Crippen molar-refractivity contribution in [1.29, 1.82) is 0 Å². The number of hydrogen-bond acceptors (Lipinski definition) is 4. The van der Waals surface area contributed by atoms with Crippen LogP contribution in [0.15, 0.2) is 0 Å². The minimum absolute atomic E-state index is 0.228. The van der Waals surface area contributed by atoms with Crippen molar-refractivity contribution in [2.45, 2.75) is 19.8 Å². The Morgan fingerprint density at radius 1 is 1.69 bits per heavy atom. The lowest BCUT2D eigenvalue weighted by Crippen LogP contribution is -1.95. The van der Waals surface area contributed by atoms with Crippen LogP contribution in [0.1, 0.15) is 29.4 Å². The first-order valence-electron chi connectivity index (χ1n) is 4.02. The summed E-state index contributed by atoms with van der Waals surface area (Å²) < 4.78 is 5.27. The van der Waals surface area contributed by atoms with E-state index in [9.17, 15) is 4.79 Å². The molecule has 1 aromatic heterocycles. The second kappa shape index (κ2) is 5.19. The van der Waals surface area contributed by atoms with E-state index >= 15 is 0 Å². The number of aldehydes is 1. The van der Waals surface area contributed by atoms with Crippen LogP contribution in [-0.2, 0) is 0 Å². The minimum atomic E-state index is 0.228. The molecule has 1 rings (SSSR count). The first-order chi connectivity index (χ1) is 6.27. The molecule has 0 N–H and O–H groups in total. The number of carbonyl (C=O) groups is 1. The molecule has 3 nitrogen and oxygen atoms in total. The zero-order valence-electron chi connectivity index (χ0n) is 7.25. The van der Waals surface area contributed by atoms with Crippen molar-refractivity contribution in [1.82, 2.24) is 4.98 Å².